The van der Waals surface area contributed by atoms with Crippen LogP contribution in [0.4, 0.5) is 0 Å². The van der Waals surface area contributed by atoms with Crippen molar-refractivity contribution in [2.45, 2.75) is 38.3 Å². The molecule has 3 heterocycles. The minimum Gasteiger partial charge on any atom is -0.355 e. The van der Waals surface area contributed by atoms with Crippen LogP contribution in [0.5, 0.6) is 0 Å². The lowest BCUT2D eigenvalue weighted by molar-refractivity contribution is -0.127. The minimum atomic E-state index is -3.04. The van der Waals surface area contributed by atoms with Gasteiger partial charge in [-0.2, -0.15) is 0 Å². The molecule has 0 spiro atoms. The third-order valence-electron chi connectivity index (χ3n) is 5.82. The molecule has 2 aliphatic heterocycles. The number of rotatable bonds is 7. The van der Waals surface area contributed by atoms with Crippen molar-refractivity contribution in [1.82, 2.24) is 20.1 Å². The molecule has 28 heavy (non-hydrogen) atoms. The summed E-state index contributed by atoms with van der Waals surface area (Å²) in [6.45, 7) is 5.19. The second-order valence-corrected chi connectivity index (χ2v) is 10.4. The fourth-order valence-electron chi connectivity index (χ4n) is 4.25. The maximum Gasteiger partial charge on any atom is 0.224 e. The molecule has 1 amide bonds. The Kier molecular flexibility index (Phi) is 7.42. The molecule has 0 unspecified atom stereocenters. The van der Waals surface area contributed by atoms with E-state index in [-0.39, 0.29) is 24.1 Å². The first-order chi connectivity index (χ1) is 13.4. The highest BCUT2D eigenvalue weighted by Gasteiger charge is 2.31. The number of piperidine rings is 2. The van der Waals surface area contributed by atoms with E-state index < -0.39 is 9.84 Å². The highest BCUT2D eigenvalue weighted by atomic mass is 32.2. The summed E-state index contributed by atoms with van der Waals surface area (Å²) in [5.74, 6) is -0.0166. The molecule has 1 aromatic rings. The number of carbonyl (C=O) groups is 1. The first-order valence-electron chi connectivity index (χ1n) is 10.2. The van der Waals surface area contributed by atoms with Crippen LogP contribution in [0.25, 0.3) is 0 Å². The third kappa shape index (κ3) is 6.53. The van der Waals surface area contributed by atoms with Gasteiger partial charge < -0.3 is 5.32 Å². The van der Waals surface area contributed by atoms with Crippen LogP contribution in [0, 0.1) is 5.92 Å². The molecule has 156 valence electrons. The number of carbonyl (C=O) groups excluding carboxylic acids is 1. The van der Waals surface area contributed by atoms with Crippen LogP contribution < -0.4 is 5.32 Å². The van der Waals surface area contributed by atoms with Crippen LogP contribution in [0.1, 0.15) is 31.2 Å². The van der Waals surface area contributed by atoms with Crippen molar-refractivity contribution in [2.75, 3.05) is 44.7 Å². The molecule has 1 atom stereocenters. The molecule has 8 heteroatoms. The van der Waals surface area contributed by atoms with Gasteiger partial charge >= 0.3 is 0 Å². The van der Waals surface area contributed by atoms with Crippen molar-refractivity contribution >= 4 is 15.7 Å². The van der Waals surface area contributed by atoms with E-state index in [1.807, 2.05) is 12.4 Å². The molecule has 2 fully saturated rings. The van der Waals surface area contributed by atoms with Crippen LogP contribution in [-0.4, -0.2) is 79.9 Å². The summed E-state index contributed by atoms with van der Waals surface area (Å²) >= 11 is 0. The molecule has 1 N–H and O–H groups in total. The molecule has 3 rings (SSSR count). The van der Waals surface area contributed by atoms with Crippen molar-refractivity contribution in [1.29, 1.82) is 0 Å². The standard InChI is InChI=1S/C20H32N4O3S/c1-28(26,27)14-10-22-20(25)18-3-2-11-24(16-18)19-6-12-23(13-7-19)15-17-4-8-21-9-5-17/h4-5,8-9,18-19H,2-3,6-7,10-16H2,1H3,(H,22,25)/t18-/m1/s1. The van der Waals surface area contributed by atoms with Gasteiger partial charge in [0.05, 0.1) is 11.7 Å². The van der Waals surface area contributed by atoms with Gasteiger partial charge in [-0.25, -0.2) is 8.42 Å². The Morgan fingerprint density at radius 3 is 2.57 bits per heavy atom. The Labute approximate surface area is 168 Å². The zero-order valence-electron chi connectivity index (χ0n) is 16.7. The van der Waals surface area contributed by atoms with Gasteiger partial charge in [0.25, 0.3) is 0 Å². The number of sulfone groups is 1. The van der Waals surface area contributed by atoms with E-state index in [0.717, 1.165) is 58.4 Å². The maximum absolute atomic E-state index is 12.4. The maximum atomic E-state index is 12.4. The Balaban J connectivity index is 1.43. The SMILES string of the molecule is CS(=O)(=O)CCNC(=O)[C@@H]1CCCN(C2CCN(Cc3ccncc3)CC2)C1. The number of pyridine rings is 1. The topological polar surface area (TPSA) is 82.6 Å². The Hall–Kier alpha value is -1.51. The van der Waals surface area contributed by atoms with Crippen LogP contribution >= 0.6 is 0 Å². The van der Waals surface area contributed by atoms with E-state index in [2.05, 4.69) is 32.2 Å². The number of aromatic nitrogens is 1. The van der Waals surface area contributed by atoms with Gasteiger partial charge in [0.2, 0.25) is 5.91 Å². The number of nitrogens with one attached hydrogen (secondary N) is 1. The smallest absolute Gasteiger partial charge is 0.224 e. The molecule has 0 aromatic carbocycles. The van der Waals surface area contributed by atoms with E-state index in [4.69, 9.17) is 0 Å². The molecule has 0 aliphatic carbocycles. The third-order valence-corrected chi connectivity index (χ3v) is 6.77. The summed E-state index contributed by atoms with van der Waals surface area (Å²) in [4.78, 5) is 21.5. The molecule has 2 saturated heterocycles. The van der Waals surface area contributed by atoms with E-state index in [1.54, 1.807) is 0 Å². The lowest BCUT2D eigenvalue weighted by atomic mass is 9.93. The van der Waals surface area contributed by atoms with Crippen molar-refractivity contribution in [3.05, 3.63) is 30.1 Å². The number of amides is 1. The van der Waals surface area contributed by atoms with E-state index in [0.29, 0.717) is 6.04 Å². The first-order valence-corrected chi connectivity index (χ1v) is 12.3. The fourth-order valence-corrected chi connectivity index (χ4v) is 4.72. The minimum absolute atomic E-state index is 0.00322. The summed E-state index contributed by atoms with van der Waals surface area (Å²) in [6.07, 6.45) is 9.07. The first kappa shape index (κ1) is 21.2. The van der Waals surface area contributed by atoms with E-state index >= 15 is 0 Å². The second-order valence-electron chi connectivity index (χ2n) is 8.12. The van der Waals surface area contributed by atoms with Gasteiger partial charge in [-0.1, -0.05) is 0 Å². The van der Waals surface area contributed by atoms with Crippen molar-refractivity contribution < 1.29 is 13.2 Å². The predicted molar refractivity (Wildman–Crippen MR) is 110 cm³/mol. The van der Waals surface area contributed by atoms with Crippen molar-refractivity contribution in [3.8, 4) is 0 Å². The monoisotopic (exact) mass is 408 g/mol. The molecule has 0 radical (unpaired) electrons. The zero-order valence-corrected chi connectivity index (χ0v) is 17.5. The summed E-state index contributed by atoms with van der Waals surface area (Å²) < 4.78 is 22.4. The molecule has 2 aliphatic rings. The van der Waals surface area contributed by atoms with E-state index in [9.17, 15) is 13.2 Å². The van der Waals surface area contributed by atoms with Crippen LogP contribution in [-0.2, 0) is 21.2 Å². The fraction of sp³-hybridized carbons (Fsp3) is 0.700. The summed E-state index contributed by atoms with van der Waals surface area (Å²) in [5.41, 5.74) is 1.30. The lowest BCUT2D eigenvalue weighted by Gasteiger charge is -2.42. The molecular weight excluding hydrogens is 376 g/mol. The normalized spacial score (nSPS) is 22.8. The predicted octanol–water partition coefficient (Wildman–Crippen LogP) is 0.919. The van der Waals surface area contributed by atoms with Crippen LogP contribution in [0.3, 0.4) is 0 Å². The Bertz CT molecular complexity index is 733. The number of hydrogen-bond donors (Lipinski definition) is 1. The van der Waals surface area contributed by atoms with Gasteiger partial charge in [0.1, 0.15) is 9.84 Å². The quantitative estimate of drug-likeness (QED) is 0.722. The van der Waals surface area contributed by atoms with Crippen molar-refractivity contribution in [2.24, 2.45) is 5.92 Å². The second kappa shape index (κ2) is 9.80. The summed E-state index contributed by atoms with van der Waals surface area (Å²) in [6, 6.07) is 4.69. The van der Waals surface area contributed by atoms with Crippen molar-refractivity contribution in [3.63, 3.8) is 0 Å². The van der Waals surface area contributed by atoms with Gasteiger partial charge in [0.15, 0.2) is 0 Å². The average molecular weight is 409 g/mol. The van der Waals surface area contributed by atoms with Crippen LogP contribution in [0.15, 0.2) is 24.5 Å². The molecule has 7 nitrogen and oxygen atoms in total. The van der Waals surface area contributed by atoms with E-state index in [1.165, 1.54) is 11.8 Å². The Morgan fingerprint density at radius 1 is 1.18 bits per heavy atom. The highest BCUT2D eigenvalue weighted by Crippen LogP contribution is 2.24. The average Bonchev–Trinajstić information content (AvgIpc) is 2.68. The molecule has 1 aromatic heterocycles. The largest absolute Gasteiger partial charge is 0.355 e. The Morgan fingerprint density at radius 2 is 1.89 bits per heavy atom. The highest BCUT2D eigenvalue weighted by molar-refractivity contribution is 7.90. The lowest BCUT2D eigenvalue weighted by Crippen LogP contribution is -2.50. The summed E-state index contributed by atoms with van der Waals surface area (Å²) in [7, 11) is -3.04. The zero-order chi connectivity index (χ0) is 20.0. The molecule has 0 saturated carbocycles. The molecular formula is C20H32N4O3S. The van der Waals surface area contributed by atoms with Gasteiger partial charge in [0, 0.05) is 44.3 Å². The number of likely N-dealkylation sites (tertiary alicyclic amines) is 2. The van der Waals surface area contributed by atoms with Gasteiger partial charge in [-0.05, 0) is 63.0 Å². The number of nitrogens with zero attached hydrogens (tertiary/aromatic N) is 3. The summed E-state index contributed by atoms with van der Waals surface area (Å²) in [5, 5.41) is 2.81. The van der Waals surface area contributed by atoms with Gasteiger partial charge in [-0.3, -0.25) is 19.6 Å². The van der Waals surface area contributed by atoms with Gasteiger partial charge in [-0.15, -0.1) is 0 Å². The molecule has 0 bridgehead atoms. The van der Waals surface area contributed by atoms with Crippen LogP contribution in [0.2, 0.25) is 0 Å². The number of hydrogen-bond acceptors (Lipinski definition) is 6.